The van der Waals surface area contributed by atoms with Crippen molar-refractivity contribution < 1.29 is 9.53 Å². The van der Waals surface area contributed by atoms with E-state index >= 15 is 0 Å². The molecule has 4 aromatic rings. The largest absolute Gasteiger partial charge is 0.493 e. The van der Waals surface area contributed by atoms with Crippen LogP contribution in [0.1, 0.15) is 42.1 Å². The van der Waals surface area contributed by atoms with Crippen molar-refractivity contribution in [2.45, 2.75) is 45.6 Å². The molecule has 1 amide bonds. The second kappa shape index (κ2) is 9.72. The molecule has 1 aliphatic heterocycles. The second-order valence-electron chi connectivity index (χ2n) is 9.13. The van der Waals surface area contributed by atoms with Gasteiger partial charge in [0, 0.05) is 31.1 Å². The number of benzene rings is 3. The number of hydrogen-bond donors (Lipinski definition) is 0. The molecule has 0 spiro atoms. The standard InChI is InChI=1S/C29H31N3O2/c1-21-11-10-12-22(2)28(21)34-18-9-8-17-31-26-16-7-6-15-25(26)30-29(31)23-19-27(33)32(20-23)24-13-4-3-5-14-24/h3-7,10-16,23H,8-9,17-20H2,1-2H3. The molecule has 0 N–H and O–H groups in total. The fraction of sp³-hybridized carbons (Fsp3) is 0.310. The fourth-order valence-electron chi connectivity index (χ4n) is 4.95. The third-order valence-electron chi connectivity index (χ3n) is 6.67. The van der Waals surface area contributed by atoms with Crippen molar-refractivity contribution >= 4 is 22.6 Å². The number of carbonyl (C=O) groups excluding carboxylic acids is 1. The summed E-state index contributed by atoms with van der Waals surface area (Å²) in [6.45, 7) is 6.41. The molecule has 34 heavy (non-hydrogen) atoms. The van der Waals surface area contributed by atoms with Crippen molar-refractivity contribution in [1.29, 1.82) is 0 Å². The number of anilines is 1. The van der Waals surface area contributed by atoms with Gasteiger partial charge in [-0.2, -0.15) is 0 Å². The van der Waals surface area contributed by atoms with Gasteiger partial charge in [0.1, 0.15) is 11.6 Å². The van der Waals surface area contributed by atoms with Crippen LogP contribution in [-0.2, 0) is 11.3 Å². The van der Waals surface area contributed by atoms with Crippen molar-refractivity contribution in [3.05, 3.63) is 89.7 Å². The van der Waals surface area contributed by atoms with E-state index in [0.717, 1.165) is 47.7 Å². The maximum atomic E-state index is 12.8. The van der Waals surface area contributed by atoms with Crippen LogP contribution in [0.3, 0.4) is 0 Å². The van der Waals surface area contributed by atoms with E-state index in [1.54, 1.807) is 0 Å². The summed E-state index contributed by atoms with van der Waals surface area (Å²) < 4.78 is 8.43. The number of imidazole rings is 1. The highest BCUT2D eigenvalue weighted by Crippen LogP contribution is 2.33. The number of unbranched alkanes of at least 4 members (excludes halogenated alkanes) is 1. The summed E-state index contributed by atoms with van der Waals surface area (Å²) in [5.41, 5.74) is 5.45. The Labute approximate surface area is 201 Å². The zero-order valence-electron chi connectivity index (χ0n) is 19.9. The third-order valence-corrected chi connectivity index (χ3v) is 6.67. The fourth-order valence-corrected chi connectivity index (χ4v) is 4.95. The second-order valence-corrected chi connectivity index (χ2v) is 9.13. The van der Waals surface area contributed by atoms with E-state index in [4.69, 9.17) is 9.72 Å². The highest BCUT2D eigenvalue weighted by Gasteiger charge is 2.34. The van der Waals surface area contributed by atoms with E-state index in [-0.39, 0.29) is 11.8 Å². The van der Waals surface area contributed by atoms with Gasteiger partial charge in [-0.05, 0) is 62.1 Å². The molecule has 1 saturated heterocycles. The first kappa shape index (κ1) is 22.2. The molecule has 0 radical (unpaired) electrons. The average Bonchev–Trinajstić information content (AvgIpc) is 3.41. The molecule has 0 aliphatic carbocycles. The SMILES string of the molecule is Cc1cccc(C)c1OCCCCn1c(C2CC(=O)N(c3ccccc3)C2)nc2ccccc21. The minimum Gasteiger partial charge on any atom is -0.493 e. The van der Waals surface area contributed by atoms with Gasteiger partial charge in [-0.15, -0.1) is 0 Å². The first-order valence-electron chi connectivity index (χ1n) is 12.1. The Morgan fingerprint density at radius 2 is 1.65 bits per heavy atom. The molecular weight excluding hydrogens is 422 g/mol. The molecule has 1 aliphatic rings. The van der Waals surface area contributed by atoms with E-state index in [0.29, 0.717) is 19.6 Å². The number of rotatable bonds is 8. The Morgan fingerprint density at radius 3 is 2.44 bits per heavy atom. The molecule has 3 aromatic carbocycles. The van der Waals surface area contributed by atoms with E-state index in [2.05, 4.69) is 54.8 Å². The smallest absolute Gasteiger partial charge is 0.227 e. The maximum Gasteiger partial charge on any atom is 0.227 e. The van der Waals surface area contributed by atoms with Crippen LogP contribution in [0.2, 0.25) is 0 Å². The summed E-state index contributed by atoms with van der Waals surface area (Å²) in [7, 11) is 0. The monoisotopic (exact) mass is 453 g/mol. The van der Waals surface area contributed by atoms with Crippen molar-refractivity contribution in [2.24, 2.45) is 0 Å². The predicted molar refractivity (Wildman–Crippen MR) is 137 cm³/mol. The number of para-hydroxylation sites is 4. The van der Waals surface area contributed by atoms with Crippen molar-refractivity contribution in [1.82, 2.24) is 9.55 Å². The number of nitrogens with zero attached hydrogens (tertiary/aromatic N) is 3. The van der Waals surface area contributed by atoms with E-state index in [9.17, 15) is 4.79 Å². The average molecular weight is 454 g/mol. The maximum absolute atomic E-state index is 12.8. The van der Waals surface area contributed by atoms with Crippen LogP contribution < -0.4 is 9.64 Å². The Morgan fingerprint density at radius 1 is 0.912 bits per heavy atom. The summed E-state index contributed by atoms with van der Waals surface area (Å²) in [4.78, 5) is 19.7. The highest BCUT2D eigenvalue weighted by atomic mass is 16.5. The van der Waals surface area contributed by atoms with Crippen LogP contribution in [0, 0.1) is 13.8 Å². The summed E-state index contributed by atoms with van der Waals surface area (Å²) in [5, 5.41) is 0. The lowest BCUT2D eigenvalue weighted by Crippen LogP contribution is -2.24. The summed E-state index contributed by atoms with van der Waals surface area (Å²) in [6, 6.07) is 24.5. The van der Waals surface area contributed by atoms with E-state index < -0.39 is 0 Å². The first-order chi connectivity index (χ1) is 16.6. The molecule has 1 fully saturated rings. The number of ether oxygens (including phenoxy) is 1. The third kappa shape index (κ3) is 4.43. The van der Waals surface area contributed by atoms with Gasteiger partial charge in [0.2, 0.25) is 5.91 Å². The molecule has 5 rings (SSSR count). The van der Waals surface area contributed by atoms with E-state index in [1.165, 1.54) is 11.1 Å². The van der Waals surface area contributed by atoms with Gasteiger partial charge in [-0.1, -0.05) is 48.5 Å². The quantitative estimate of drug-likeness (QED) is 0.306. The van der Waals surface area contributed by atoms with Crippen molar-refractivity contribution in [3.63, 3.8) is 0 Å². The molecule has 1 unspecified atom stereocenters. The van der Waals surface area contributed by atoms with Gasteiger partial charge in [0.15, 0.2) is 0 Å². The molecule has 5 heteroatoms. The topological polar surface area (TPSA) is 47.4 Å². The van der Waals surface area contributed by atoms with Crippen LogP contribution in [0.4, 0.5) is 5.69 Å². The predicted octanol–water partition coefficient (Wildman–Crippen LogP) is 6.03. The number of aromatic nitrogens is 2. The van der Waals surface area contributed by atoms with Crippen molar-refractivity contribution in [3.8, 4) is 5.75 Å². The summed E-state index contributed by atoms with van der Waals surface area (Å²) in [5.74, 6) is 2.27. The van der Waals surface area contributed by atoms with Gasteiger partial charge < -0.3 is 14.2 Å². The van der Waals surface area contributed by atoms with Gasteiger partial charge in [-0.25, -0.2) is 4.98 Å². The lowest BCUT2D eigenvalue weighted by Gasteiger charge is -2.17. The van der Waals surface area contributed by atoms with Crippen LogP contribution in [0.5, 0.6) is 5.75 Å². The zero-order valence-corrected chi connectivity index (χ0v) is 19.9. The lowest BCUT2D eigenvalue weighted by molar-refractivity contribution is -0.117. The number of aryl methyl sites for hydroxylation is 3. The Balaban J connectivity index is 1.29. The first-order valence-corrected chi connectivity index (χ1v) is 12.1. The van der Waals surface area contributed by atoms with Gasteiger partial charge >= 0.3 is 0 Å². The van der Waals surface area contributed by atoms with Gasteiger partial charge in [0.05, 0.1) is 17.6 Å². The van der Waals surface area contributed by atoms with Crippen LogP contribution in [0.15, 0.2) is 72.8 Å². The van der Waals surface area contributed by atoms with Gasteiger partial charge in [-0.3, -0.25) is 4.79 Å². The highest BCUT2D eigenvalue weighted by molar-refractivity contribution is 5.96. The Bertz CT molecular complexity index is 1280. The summed E-state index contributed by atoms with van der Waals surface area (Å²) >= 11 is 0. The summed E-state index contributed by atoms with van der Waals surface area (Å²) in [6.07, 6.45) is 2.44. The number of hydrogen-bond acceptors (Lipinski definition) is 3. The Kier molecular flexibility index (Phi) is 6.35. The van der Waals surface area contributed by atoms with Crippen LogP contribution >= 0.6 is 0 Å². The van der Waals surface area contributed by atoms with Crippen LogP contribution in [0.25, 0.3) is 11.0 Å². The molecule has 0 bridgehead atoms. The Hall–Kier alpha value is -3.60. The van der Waals surface area contributed by atoms with E-state index in [1.807, 2.05) is 41.3 Å². The number of amides is 1. The molecular formula is C29H31N3O2. The minimum atomic E-state index is 0.0889. The molecule has 5 nitrogen and oxygen atoms in total. The molecule has 174 valence electrons. The normalized spacial score (nSPS) is 15.9. The number of carbonyl (C=O) groups is 1. The molecule has 2 heterocycles. The zero-order chi connectivity index (χ0) is 23.5. The van der Waals surface area contributed by atoms with Crippen LogP contribution in [-0.4, -0.2) is 28.6 Å². The van der Waals surface area contributed by atoms with Crippen molar-refractivity contribution in [2.75, 3.05) is 18.1 Å². The molecule has 0 saturated carbocycles. The molecule has 1 aromatic heterocycles. The minimum absolute atomic E-state index is 0.0889. The molecule has 1 atom stereocenters. The number of fused-ring (bicyclic) bond motifs is 1. The van der Waals surface area contributed by atoms with Gasteiger partial charge in [0.25, 0.3) is 0 Å². The lowest BCUT2D eigenvalue weighted by atomic mass is 10.1.